The average Bonchev–Trinajstić information content (AvgIpc) is 1.34. The number of allylic oxidation sites excluding steroid dienone is 10. The van der Waals surface area contributed by atoms with Crippen LogP contribution in [0.15, 0.2) is 381 Å². The van der Waals surface area contributed by atoms with Crippen LogP contribution < -0.4 is 4.57 Å². The van der Waals surface area contributed by atoms with Crippen LogP contribution in [0.5, 0.6) is 0 Å². The van der Waals surface area contributed by atoms with E-state index in [0.29, 0.717) is 0 Å². The molecular formula is C121H110Ir4N7O6-5. The maximum absolute atomic E-state index is 11.5. The zero-order valence-electron chi connectivity index (χ0n) is 79.9. The maximum Gasteiger partial charge on any atom is 0.214 e. The van der Waals surface area contributed by atoms with Gasteiger partial charge in [-0.1, -0.05) is 272 Å². The van der Waals surface area contributed by atoms with E-state index in [2.05, 4.69) is 270 Å². The number of rotatable bonds is 7. The van der Waals surface area contributed by atoms with Crippen LogP contribution in [0.1, 0.15) is 122 Å². The van der Waals surface area contributed by atoms with Crippen LogP contribution in [0.25, 0.3) is 132 Å². The average molecular weight is 2530 g/mol. The van der Waals surface area contributed by atoms with Gasteiger partial charge in [0.05, 0.1) is 33.8 Å². The van der Waals surface area contributed by atoms with E-state index in [1.54, 1.807) is 6.20 Å². The quantitative estimate of drug-likeness (QED) is 0.0452. The molecule has 4 aliphatic rings. The second-order valence-corrected chi connectivity index (χ2v) is 35.6. The number of carbonyl (C=O) groups excluding carboxylic acids is 3. The third-order valence-corrected chi connectivity index (χ3v) is 22.6. The third-order valence-electron chi connectivity index (χ3n) is 22.6. The summed E-state index contributed by atoms with van der Waals surface area (Å²) < 4.78 is 2.42. The van der Waals surface area contributed by atoms with E-state index in [1.165, 1.54) is 140 Å². The van der Waals surface area contributed by atoms with E-state index in [4.69, 9.17) is 15.5 Å². The van der Waals surface area contributed by atoms with Crippen molar-refractivity contribution in [2.45, 2.75) is 122 Å². The Morgan fingerprint density at radius 2 is 1.08 bits per heavy atom. The summed E-state index contributed by atoms with van der Waals surface area (Å²) in [4.78, 5) is 54.1. The van der Waals surface area contributed by atoms with Crippen molar-refractivity contribution in [3.05, 3.63) is 456 Å². The fraction of sp³-hybridized carbons (Fsp3) is 0.165. The molecule has 0 bridgehead atoms. The van der Waals surface area contributed by atoms with Crippen molar-refractivity contribution in [2.24, 2.45) is 10.8 Å². The molecule has 2 aliphatic heterocycles. The van der Waals surface area contributed by atoms with Gasteiger partial charge in [0.2, 0.25) is 11.2 Å². The smallest absolute Gasteiger partial charge is 0.214 e. The summed E-state index contributed by atoms with van der Waals surface area (Å²) in [5.41, 5.74) is 26.0. The molecule has 1 atom stereocenters. The van der Waals surface area contributed by atoms with Gasteiger partial charge in [0.1, 0.15) is 5.76 Å². The van der Waals surface area contributed by atoms with Gasteiger partial charge in [-0.3, -0.25) is 24.4 Å². The molecule has 0 saturated carbocycles. The Morgan fingerprint density at radius 3 is 1.74 bits per heavy atom. The monoisotopic (exact) mass is 2530 g/mol. The molecule has 7 heterocycles. The Kier molecular flexibility index (Phi) is 39.5. The summed E-state index contributed by atoms with van der Waals surface area (Å²) in [5.74, 6) is -0.0210. The molecule has 2 aliphatic carbocycles. The molecule has 3 N–H and O–H groups in total. The van der Waals surface area contributed by atoms with Gasteiger partial charge in [-0.2, -0.15) is 10.1 Å². The van der Waals surface area contributed by atoms with Gasteiger partial charge in [-0.25, -0.2) is 5.70 Å². The van der Waals surface area contributed by atoms with E-state index < -0.39 is 5.41 Å². The van der Waals surface area contributed by atoms with E-state index in [-0.39, 0.29) is 132 Å². The Hall–Kier alpha value is -13.1. The van der Waals surface area contributed by atoms with Crippen LogP contribution in [-0.2, 0) is 107 Å². The number of aliphatic hydroxyl groups excluding tert-OH is 3. The summed E-state index contributed by atoms with van der Waals surface area (Å²) in [7, 11) is 0. The maximum atomic E-state index is 11.5. The summed E-state index contributed by atoms with van der Waals surface area (Å²) in [6, 6.07) is 114. The van der Waals surface area contributed by atoms with Gasteiger partial charge in [0.25, 0.3) is 0 Å². The van der Waals surface area contributed by atoms with Crippen LogP contribution in [0.3, 0.4) is 0 Å². The van der Waals surface area contributed by atoms with Crippen LogP contribution in [0, 0.1) is 61.9 Å². The first-order valence-electron chi connectivity index (χ1n) is 44.7. The number of fused-ring (bicyclic) bond motifs is 17. The van der Waals surface area contributed by atoms with E-state index in [0.717, 1.165) is 84.6 Å². The van der Waals surface area contributed by atoms with E-state index >= 15 is 0 Å². The number of ketones is 3. The molecule has 0 amide bonds. The van der Waals surface area contributed by atoms with Crippen LogP contribution in [-0.4, -0.2) is 63.6 Å². The topological polar surface area (TPSA) is 194 Å². The fourth-order valence-corrected chi connectivity index (χ4v) is 15.8. The minimum atomic E-state index is -0.417. The number of nitrogens with zero attached hydrogens (tertiary/aromatic N) is 7. The number of hydrogen-bond acceptors (Lipinski definition) is 11. The number of carbonyl (C=O) groups is 3. The number of aromatic nitrogens is 6. The normalized spacial score (nSPS) is 13.0. The predicted octanol–water partition coefficient (Wildman–Crippen LogP) is 28.9. The van der Waals surface area contributed by atoms with Crippen molar-refractivity contribution in [1.82, 2.24) is 24.9 Å². The van der Waals surface area contributed by atoms with Gasteiger partial charge in [0, 0.05) is 157 Å². The third kappa shape index (κ3) is 28.1. The molecule has 5 aromatic heterocycles. The summed E-state index contributed by atoms with van der Waals surface area (Å²) in [6.45, 7) is 28.7. The SMILES string of the molecule is CC(=O)C=C(C)O.CC(=O)C=C(C)O.CC(C)(C)C(=O)C=C(O)C(C)(C)C.CC1(C)c2ccccc2-c2c[c-]c(C3=CC=C4C=CC=CC4[N-]3)cc21.Cc1cc2[n+](c3ccccc13)Cc1ccccc1-2.Cc1cc[c-]c(-c2ccccn2)c1.Cc1cnc2c3[c-]cccc3c3ccccc3c2n1.[Ir].[Ir].[Ir].[Ir].[c-]1ccccc1-c1ccc2ccccc2n1.[c-]1ccccc1-c1nccc2ccccc12. The molecule has 1 unspecified atom stereocenters. The Labute approximate surface area is 865 Å². The summed E-state index contributed by atoms with van der Waals surface area (Å²) in [6.07, 6.45) is 21.8. The second-order valence-electron chi connectivity index (χ2n) is 35.6. The van der Waals surface area contributed by atoms with Crippen molar-refractivity contribution in [3.8, 4) is 56.2 Å². The standard InChI is InChI=1S/C24H19N.C17H11N2.C17H14N.2C15H10N.C12H10N.C11H20O2.2C5H8O2.4Ir/c1-24(2)20-9-5-4-8-18(20)19-13-11-17(15-21(19)24)23-14-12-16-7-3-6-10-22(16)25-23;1-11-10-18-16-14-8-4-2-6-12(14)13-7-3-5-9-15(13)17(16)19-11;1-12-10-17-15-8-3-2-6-13(15)11-18(17)16-9-5-4-7-14(12)16;1-2-7-13(8-3-1)15-14-9-5-4-6-12(14)10-11-16-15;1-2-6-12(7-3-1)15-11-10-13-8-4-5-9-14(13)16-15;1-10-5-4-6-11(9-10)12-7-2-3-8-13-12;1-10(2,3)8(12)7-9(13)11(4,5)6;2*1-4(6)3-5(2)7;;;;/h3-10,12-15,22H,1-2H3;2-7,9-10H,1H3;2-10H,11H2,1H3;1-7,9-11H;1-6,8-11H;2-5,7-9H,1H3;7,12H,1-6H3;2*3,6H,1-2H3;;;;/q-2;-1;+1;3*-1;;;;;;;. The zero-order chi connectivity index (χ0) is 95.2. The van der Waals surface area contributed by atoms with Crippen LogP contribution >= 0.6 is 0 Å². The molecule has 0 fully saturated rings. The second kappa shape index (κ2) is 50.3. The molecule has 706 valence electrons. The number of aliphatic hydroxyl groups is 3. The molecule has 138 heavy (non-hydrogen) atoms. The number of pyridine rings is 4. The molecule has 13 nitrogen and oxygen atoms in total. The number of aryl methyl sites for hydroxylation is 3. The summed E-state index contributed by atoms with van der Waals surface area (Å²) in [5, 5.41) is 40.7. The first-order valence-corrected chi connectivity index (χ1v) is 44.7. The van der Waals surface area contributed by atoms with Gasteiger partial charge >= 0.3 is 0 Å². The first kappa shape index (κ1) is 109. The van der Waals surface area contributed by atoms with Crippen LogP contribution in [0.2, 0.25) is 0 Å². The van der Waals surface area contributed by atoms with E-state index in [9.17, 15) is 19.5 Å². The Morgan fingerprint density at radius 1 is 0.471 bits per heavy atom. The van der Waals surface area contributed by atoms with Gasteiger partial charge < -0.3 is 35.6 Å². The van der Waals surface area contributed by atoms with Crippen LogP contribution in [0.4, 0.5) is 0 Å². The summed E-state index contributed by atoms with van der Waals surface area (Å²) >= 11 is 0. The Bertz CT molecular complexity index is 7300. The molecule has 17 aromatic rings. The minimum absolute atomic E-state index is 0. The van der Waals surface area contributed by atoms with Crippen molar-refractivity contribution < 1.29 is 115 Å². The van der Waals surface area contributed by atoms with Gasteiger partial charge in [0.15, 0.2) is 23.9 Å². The van der Waals surface area contributed by atoms with Gasteiger partial charge in [-0.05, 0) is 127 Å². The largest absolute Gasteiger partial charge is 0.718 e. The van der Waals surface area contributed by atoms with Crippen molar-refractivity contribution in [3.63, 3.8) is 0 Å². The number of benzene rings is 12. The first-order chi connectivity index (χ1) is 64.4. The molecule has 17 heteroatoms. The molecule has 12 aromatic carbocycles. The minimum Gasteiger partial charge on any atom is -0.718 e. The van der Waals surface area contributed by atoms with Crippen molar-refractivity contribution in [1.29, 1.82) is 0 Å². The fourth-order valence-electron chi connectivity index (χ4n) is 15.8. The Balaban J connectivity index is 0.000000177. The number of para-hydroxylation sites is 2. The molecule has 4 radical (unpaired) electrons. The molecule has 0 saturated heterocycles. The van der Waals surface area contributed by atoms with E-state index in [1.807, 2.05) is 200 Å². The molecule has 21 rings (SSSR count). The molecule has 0 spiro atoms. The van der Waals surface area contributed by atoms with Crippen molar-refractivity contribution in [2.75, 3.05) is 0 Å². The van der Waals surface area contributed by atoms with Gasteiger partial charge in [-0.15, -0.1) is 167 Å². The zero-order valence-corrected chi connectivity index (χ0v) is 89.5. The van der Waals surface area contributed by atoms with Crippen molar-refractivity contribution >= 4 is 88.2 Å². The molecular weight excluding hydrogens is 2420 g/mol. The number of hydrogen-bond donors (Lipinski definition) is 3. The predicted molar refractivity (Wildman–Crippen MR) is 550 cm³/mol.